The summed E-state index contributed by atoms with van der Waals surface area (Å²) in [6, 6.07) is 0. The molecule has 2 N–H and O–H groups in total. The first kappa shape index (κ1) is 13.9. The third-order valence-electron chi connectivity index (χ3n) is 3.22. The molecule has 4 atom stereocenters. The van der Waals surface area contributed by atoms with Crippen LogP contribution in [0, 0.1) is 11.8 Å². The number of aliphatic hydroxyl groups is 2. The van der Waals surface area contributed by atoms with Crippen molar-refractivity contribution in [3.63, 3.8) is 0 Å². The molecule has 0 amide bonds. The number of aliphatic hydroxyl groups excluding tert-OH is 2. The van der Waals surface area contributed by atoms with E-state index < -0.39 is 0 Å². The van der Waals surface area contributed by atoms with Crippen LogP contribution in [0.3, 0.4) is 0 Å². The summed E-state index contributed by atoms with van der Waals surface area (Å²) in [5, 5.41) is 19.9. The van der Waals surface area contributed by atoms with Crippen molar-refractivity contribution < 1.29 is 10.2 Å². The van der Waals surface area contributed by atoms with E-state index in [1.54, 1.807) is 0 Å². The van der Waals surface area contributed by atoms with Crippen molar-refractivity contribution in [1.82, 2.24) is 0 Å². The predicted octanol–water partition coefficient (Wildman–Crippen LogP) is 2.58. The summed E-state index contributed by atoms with van der Waals surface area (Å²) in [5.74, 6) is 0.330. The van der Waals surface area contributed by atoms with Crippen LogP contribution >= 0.6 is 0 Å². The van der Waals surface area contributed by atoms with Crippen molar-refractivity contribution in [3.05, 3.63) is 0 Å². The molecule has 0 aromatic rings. The zero-order chi connectivity index (χ0) is 11.1. The maximum Gasteiger partial charge on any atom is 0.0618 e. The summed E-state index contributed by atoms with van der Waals surface area (Å²) >= 11 is 0. The minimum atomic E-state index is -0.355. The maximum atomic E-state index is 10.0. The van der Waals surface area contributed by atoms with Gasteiger partial charge in [0.05, 0.1) is 12.2 Å². The van der Waals surface area contributed by atoms with Gasteiger partial charge in [-0.1, -0.05) is 40.5 Å². The largest absolute Gasteiger partial charge is 0.393 e. The van der Waals surface area contributed by atoms with E-state index in [4.69, 9.17) is 0 Å². The molecule has 0 aliphatic heterocycles. The first-order chi connectivity index (χ1) is 6.58. The number of hydrogen-bond acceptors (Lipinski definition) is 2. The molecule has 0 saturated carbocycles. The van der Waals surface area contributed by atoms with Crippen molar-refractivity contribution >= 4 is 0 Å². The predicted molar refractivity (Wildman–Crippen MR) is 60.2 cm³/mol. The molecule has 0 heterocycles. The van der Waals surface area contributed by atoms with E-state index in [2.05, 4.69) is 13.8 Å². The fraction of sp³-hybridized carbons (Fsp3) is 1.00. The molecule has 0 rings (SSSR count). The van der Waals surface area contributed by atoms with Crippen LogP contribution in [-0.2, 0) is 0 Å². The Morgan fingerprint density at radius 1 is 1.00 bits per heavy atom. The van der Waals surface area contributed by atoms with E-state index in [9.17, 15) is 10.2 Å². The molecule has 2 heteroatoms. The Morgan fingerprint density at radius 3 is 1.93 bits per heavy atom. The van der Waals surface area contributed by atoms with Gasteiger partial charge in [0.1, 0.15) is 0 Å². The molecule has 86 valence electrons. The Balaban J connectivity index is 4.23. The second-order valence-corrected chi connectivity index (χ2v) is 4.30. The number of hydrogen-bond donors (Lipinski definition) is 2. The van der Waals surface area contributed by atoms with Gasteiger partial charge in [0.2, 0.25) is 0 Å². The van der Waals surface area contributed by atoms with Gasteiger partial charge in [-0.15, -0.1) is 0 Å². The van der Waals surface area contributed by atoms with Crippen LogP contribution in [0.1, 0.15) is 53.4 Å². The van der Waals surface area contributed by atoms with Gasteiger partial charge in [0.25, 0.3) is 0 Å². The molecule has 0 bridgehead atoms. The van der Waals surface area contributed by atoms with Crippen LogP contribution in [0.25, 0.3) is 0 Å². The van der Waals surface area contributed by atoms with Gasteiger partial charge in [-0.05, 0) is 18.8 Å². The monoisotopic (exact) mass is 202 g/mol. The lowest BCUT2D eigenvalue weighted by Gasteiger charge is -2.30. The fourth-order valence-electron chi connectivity index (χ4n) is 1.91. The van der Waals surface area contributed by atoms with Crippen molar-refractivity contribution in [2.24, 2.45) is 11.8 Å². The van der Waals surface area contributed by atoms with Gasteiger partial charge in [-0.3, -0.25) is 0 Å². The summed E-state index contributed by atoms with van der Waals surface area (Å²) in [5.41, 5.74) is 0. The van der Waals surface area contributed by atoms with Gasteiger partial charge in [-0.25, -0.2) is 0 Å². The van der Waals surface area contributed by atoms with Crippen LogP contribution < -0.4 is 0 Å². The third-order valence-corrected chi connectivity index (χ3v) is 3.22. The summed E-state index contributed by atoms with van der Waals surface area (Å²) in [6.07, 6.45) is 2.90. The second-order valence-electron chi connectivity index (χ2n) is 4.30. The van der Waals surface area contributed by atoms with E-state index >= 15 is 0 Å². The maximum absolute atomic E-state index is 10.0. The average molecular weight is 202 g/mol. The Labute approximate surface area is 88.3 Å². The standard InChI is InChI=1S/C12H26O2/c1-5-8-11(13)10(7-3)12(14)9(4)6-2/h9-14H,5-8H2,1-4H3. The normalized spacial score (nSPS) is 20.1. The topological polar surface area (TPSA) is 40.5 Å². The van der Waals surface area contributed by atoms with Crippen molar-refractivity contribution in [2.75, 3.05) is 0 Å². The lowest BCUT2D eigenvalue weighted by atomic mass is 9.83. The van der Waals surface area contributed by atoms with E-state index in [0.29, 0.717) is 0 Å². The molecule has 0 aromatic heterocycles. The lowest BCUT2D eigenvalue weighted by molar-refractivity contribution is -0.0206. The van der Waals surface area contributed by atoms with Crippen LogP contribution in [0.4, 0.5) is 0 Å². The molecule has 0 aliphatic rings. The van der Waals surface area contributed by atoms with E-state index in [1.165, 1.54) is 0 Å². The highest BCUT2D eigenvalue weighted by Gasteiger charge is 2.27. The minimum absolute atomic E-state index is 0.0462. The first-order valence-electron chi connectivity index (χ1n) is 5.94. The Bertz CT molecular complexity index is 136. The summed E-state index contributed by atoms with van der Waals surface area (Å²) < 4.78 is 0. The summed E-state index contributed by atoms with van der Waals surface area (Å²) in [7, 11) is 0. The smallest absolute Gasteiger partial charge is 0.0618 e. The molecule has 0 fully saturated rings. The van der Waals surface area contributed by atoms with Crippen molar-refractivity contribution in [3.8, 4) is 0 Å². The van der Waals surface area contributed by atoms with Crippen LogP contribution in [0.5, 0.6) is 0 Å². The van der Waals surface area contributed by atoms with Gasteiger partial charge < -0.3 is 10.2 Å². The molecule has 0 spiro atoms. The highest BCUT2D eigenvalue weighted by atomic mass is 16.3. The lowest BCUT2D eigenvalue weighted by Crippen LogP contribution is -2.35. The Morgan fingerprint density at radius 2 is 1.57 bits per heavy atom. The average Bonchev–Trinajstić information content (AvgIpc) is 2.18. The van der Waals surface area contributed by atoms with E-state index in [1.807, 2.05) is 13.8 Å². The van der Waals surface area contributed by atoms with Crippen LogP contribution in [0.15, 0.2) is 0 Å². The summed E-state index contributed by atoms with van der Waals surface area (Å²) in [4.78, 5) is 0. The molecular weight excluding hydrogens is 176 g/mol. The van der Waals surface area contributed by atoms with Crippen molar-refractivity contribution in [1.29, 1.82) is 0 Å². The minimum Gasteiger partial charge on any atom is -0.393 e. The Kier molecular flexibility index (Phi) is 7.20. The number of rotatable bonds is 7. The quantitative estimate of drug-likeness (QED) is 0.666. The second kappa shape index (κ2) is 7.24. The SMILES string of the molecule is CCCC(O)C(CC)C(O)C(C)CC. The highest BCUT2D eigenvalue weighted by molar-refractivity contribution is 4.78. The fourth-order valence-corrected chi connectivity index (χ4v) is 1.91. The molecular formula is C12H26O2. The zero-order valence-electron chi connectivity index (χ0n) is 10.0. The van der Waals surface area contributed by atoms with Gasteiger partial charge >= 0.3 is 0 Å². The Hall–Kier alpha value is -0.0800. The molecule has 4 unspecified atom stereocenters. The van der Waals surface area contributed by atoms with Gasteiger partial charge in [0.15, 0.2) is 0 Å². The third kappa shape index (κ3) is 3.97. The van der Waals surface area contributed by atoms with Crippen LogP contribution in [-0.4, -0.2) is 22.4 Å². The molecule has 0 aromatic carbocycles. The summed E-state index contributed by atoms with van der Waals surface area (Å²) in [6.45, 7) is 8.22. The molecule has 0 saturated heterocycles. The highest BCUT2D eigenvalue weighted by Crippen LogP contribution is 2.24. The van der Waals surface area contributed by atoms with E-state index in [-0.39, 0.29) is 24.0 Å². The van der Waals surface area contributed by atoms with Crippen LogP contribution in [0.2, 0.25) is 0 Å². The van der Waals surface area contributed by atoms with Crippen molar-refractivity contribution in [2.45, 2.75) is 65.6 Å². The first-order valence-corrected chi connectivity index (χ1v) is 5.94. The van der Waals surface area contributed by atoms with E-state index in [0.717, 1.165) is 25.7 Å². The molecule has 14 heavy (non-hydrogen) atoms. The zero-order valence-corrected chi connectivity index (χ0v) is 10.0. The molecule has 0 aliphatic carbocycles. The van der Waals surface area contributed by atoms with Gasteiger partial charge in [0, 0.05) is 5.92 Å². The molecule has 2 nitrogen and oxygen atoms in total. The molecule has 0 radical (unpaired) electrons. The van der Waals surface area contributed by atoms with Gasteiger partial charge in [-0.2, -0.15) is 0 Å².